The molecule has 27 heavy (non-hydrogen) atoms. The molecule has 0 amide bonds. The highest BCUT2D eigenvalue weighted by atomic mass is 32.2. The summed E-state index contributed by atoms with van der Waals surface area (Å²) in [7, 11) is -3.04. The number of hydrogen-bond acceptors (Lipinski definition) is 6. The molecule has 1 spiro atoms. The number of nitrogens with one attached hydrogen (secondary N) is 2. The molecular formula is C19H31FN4O2S. The molecule has 1 aromatic heterocycles. The SMILES string of the molecule is CCC(CC)CNC1CCS(=O)(=O)C2(CC(CNc3ncc(F)cn3)C2)C1. The topological polar surface area (TPSA) is 84.0 Å². The minimum atomic E-state index is -3.04. The van der Waals surface area contributed by atoms with Crippen LogP contribution in [0.4, 0.5) is 10.3 Å². The molecule has 1 atom stereocenters. The third-order valence-corrected chi connectivity index (χ3v) is 8.95. The van der Waals surface area contributed by atoms with E-state index in [1.165, 1.54) is 0 Å². The second-order valence-electron chi connectivity index (χ2n) is 8.16. The molecule has 1 saturated carbocycles. The highest BCUT2D eigenvalue weighted by molar-refractivity contribution is 7.92. The van der Waals surface area contributed by atoms with Crippen molar-refractivity contribution in [1.82, 2.24) is 15.3 Å². The number of rotatable bonds is 8. The van der Waals surface area contributed by atoms with E-state index in [4.69, 9.17) is 0 Å². The monoisotopic (exact) mass is 398 g/mol. The minimum absolute atomic E-state index is 0.284. The van der Waals surface area contributed by atoms with Gasteiger partial charge in [0.25, 0.3) is 0 Å². The summed E-state index contributed by atoms with van der Waals surface area (Å²) >= 11 is 0. The van der Waals surface area contributed by atoms with E-state index in [9.17, 15) is 12.8 Å². The molecule has 2 heterocycles. The Morgan fingerprint density at radius 2 is 1.89 bits per heavy atom. The van der Waals surface area contributed by atoms with Crippen molar-refractivity contribution in [3.8, 4) is 0 Å². The van der Waals surface area contributed by atoms with Gasteiger partial charge in [-0.1, -0.05) is 26.7 Å². The number of anilines is 1. The zero-order valence-electron chi connectivity index (χ0n) is 16.2. The Morgan fingerprint density at radius 1 is 1.22 bits per heavy atom. The van der Waals surface area contributed by atoms with Gasteiger partial charge in [0.15, 0.2) is 15.7 Å². The average molecular weight is 399 g/mol. The minimum Gasteiger partial charge on any atom is -0.354 e. The van der Waals surface area contributed by atoms with Gasteiger partial charge in [-0.25, -0.2) is 22.8 Å². The Kier molecular flexibility index (Phi) is 6.35. The molecule has 0 aromatic carbocycles. The van der Waals surface area contributed by atoms with Crippen molar-refractivity contribution in [3.05, 3.63) is 18.2 Å². The van der Waals surface area contributed by atoms with E-state index in [0.29, 0.717) is 37.3 Å². The van der Waals surface area contributed by atoms with Crippen LogP contribution in [0.15, 0.2) is 12.4 Å². The third-order valence-electron chi connectivity index (χ3n) is 6.35. The van der Waals surface area contributed by atoms with Crippen LogP contribution in [0.5, 0.6) is 0 Å². The van der Waals surface area contributed by atoms with Crippen molar-refractivity contribution in [1.29, 1.82) is 0 Å². The maximum absolute atomic E-state index is 12.9. The van der Waals surface area contributed by atoms with Gasteiger partial charge < -0.3 is 10.6 Å². The van der Waals surface area contributed by atoms with Crippen LogP contribution in [0.2, 0.25) is 0 Å². The highest BCUT2D eigenvalue weighted by Gasteiger charge is 2.56. The highest BCUT2D eigenvalue weighted by Crippen LogP contribution is 2.50. The van der Waals surface area contributed by atoms with Gasteiger partial charge in [-0.2, -0.15) is 0 Å². The fourth-order valence-corrected chi connectivity index (χ4v) is 6.94. The quantitative estimate of drug-likeness (QED) is 0.701. The van der Waals surface area contributed by atoms with Gasteiger partial charge in [0.2, 0.25) is 5.95 Å². The Balaban J connectivity index is 1.52. The summed E-state index contributed by atoms with van der Waals surface area (Å²) in [5.41, 5.74) is 0. The predicted octanol–water partition coefficient (Wildman–Crippen LogP) is 2.78. The fraction of sp³-hybridized carbons (Fsp3) is 0.789. The van der Waals surface area contributed by atoms with Crippen LogP contribution in [0.1, 0.15) is 52.4 Å². The van der Waals surface area contributed by atoms with E-state index in [2.05, 4.69) is 34.4 Å². The summed E-state index contributed by atoms with van der Waals surface area (Å²) in [4.78, 5) is 7.77. The Bertz CT molecular complexity index is 716. The molecule has 3 rings (SSSR count). The molecule has 1 saturated heterocycles. The molecular weight excluding hydrogens is 367 g/mol. The molecule has 152 valence electrons. The summed E-state index contributed by atoms with van der Waals surface area (Å²) in [5, 5.41) is 6.72. The molecule has 0 radical (unpaired) electrons. The lowest BCUT2D eigenvalue weighted by Crippen LogP contribution is -2.59. The van der Waals surface area contributed by atoms with E-state index >= 15 is 0 Å². The van der Waals surface area contributed by atoms with Crippen molar-refractivity contribution < 1.29 is 12.8 Å². The number of aromatic nitrogens is 2. The van der Waals surface area contributed by atoms with Gasteiger partial charge in [0, 0.05) is 12.6 Å². The lowest BCUT2D eigenvalue weighted by molar-refractivity contribution is 0.185. The molecule has 1 aliphatic heterocycles. The van der Waals surface area contributed by atoms with Crippen molar-refractivity contribution in [2.45, 2.75) is 63.2 Å². The summed E-state index contributed by atoms with van der Waals surface area (Å²) in [5.74, 6) is 1.14. The molecule has 8 heteroatoms. The first-order valence-electron chi connectivity index (χ1n) is 10.0. The molecule has 1 aromatic rings. The van der Waals surface area contributed by atoms with Crippen LogP contribution < -0.4 is 10.6 Å². The summed E-state index contributed by atoms with van der Waals surface area (Å²) in [6.07, 6.45) is 7.37. The van der Waals surface area contributed by atoms with Gasteiger partial charge >= 0.3 is 0 Å². The maximum Gasteiger partial charge on any atom is 0.222 e. The first-order chi connectivity index (χ1) is 12.9. The Hall–Kier alpha value is -1.28. The van der Waals surface area contributed by atoms with E-state index in [1.54, 1.807) is 0 Å². The first-order valence-corrected chi connectivity index (χ1v) is 11.7. The van der Waals surface area contributed by atoms with E-state index in [-0.39, 0.29) is 11.7 Å². The van der Waals surface area contributed by atoms with Gasteiger partial charge in [0.05, 0.1) is 22.9 Å². The molecule has 1 aliphatic carbocycles. The second kappa shape index (κ2) is 8.39. The van der Waals surface area contributed by atoms with Crippen molar-refractivity contribution >= 4 is 15.8 Å². The van der Waals surface area contributed by atoms with E-state index in [1.807, 2.05) is 0 Å². The van der Waals surface area contributed by atoms with Crippen LogP contribution in [0.3, 0.4) is 0 Å². The van der Waals surface area contributed by atoms with Gasteiger partial charge in [-0.05, 0) is 44.1 Å². The lowest BCUT2D eigenvalue weighted by atomic mass is 9.70. The van der Waals surface area contributed by atoms with Crippen LogP contribution in [-0.4, -0.2) is 48.0 Å². The molecule has 0 bridgehead atoms. The largest absolute Gasteiger partial charge is 0.354 e. The average Bonchev–Trinajstić information content (AvgIpc) is 2.62. The predicted molar refractivity (Wildman–Crippen MR) is 105 cm³/mol. The second-order valence-corrected chi connectivity index (χ2v) is 10.7. The molecule has 2 aliphatic rings. The van der Waals surface area contributed by atoms with E-state index < -0.39 is 20.4 Å². The van der Waals surface area contributed by atoms with E-state index in [0.717, 1.165) is 44.6 Å². The molecule has 6 nitrogen and oxygen atoms in total. The Morgan fingerprint density at radius 3 is 2.52 bits per heavy atom. The van der Waals surface area contributed by atoms with Gasteiger partial charge in [-0.3, -0.25) is 0 Å². The lowest BCUT2D eigenvalue weighted by Gasteiger charge is -2.51. The van der Waals surface area contributed by atoms with Crippen LogP contribution in [0, 0.1) is 17.7 Å². The zero-order valence-corrected chi connectivity index (χ0v) is 17.1. The van der Waals surface area contributed by atoms with Crippen molar-refractivity contribution in [2.75, 3.05) is 24.2 Å². The number of hydrogen-bond donors (Lipinski definition) is 2. The Labute approximate surface area is 161 Å². The van der Waals surface area contributed by atoms with Crippen LogP contribution in [0.25, 0.3) is 0 Å². The smallest absolute Gasteiger partial charge is 0.222 e. The maximum atomic E-state index is 12.9. The summed E-state index contributed by atoms with van der Waals surface area (Å²) in [6, 6.07) is 0.295. The fourth-order valence-electron chi connectivity index (χ4n) is 4.47. The third kappa shape index (κ3) is 4.59. The summed E-state index contributed by atoms with van der Waals surface area (Å²) in [6.45, 7) is 6.00. The number of nitrogens with zero attached hydrogens (tertiary/aromatic N) is 2. The molecule has 2 fully saturated rings. The first kappa shape index (κ1) is 20.5. The zero-order chi connectivity index (χ0) is 19.5. The van der Waals surface area contributed by atoms with Crippen molar-refractivity contribution in [3.63, 3.8) is 0 Å². The van der Waals surface area contributed by atoms with Crippen LogP contribution in [-0.2, 0) is 9.84 Å². The number of halogens is 1. The number of sulfone groups is 1. The van der Waals surface area contributed by atoms with Gasteiger partial charge in [-0.15, -0.1) is 0 Å². The van der Waals surface area contributed by atoms with Crippen LogP contribution >= 0.6 is 0 Å². The molecule has 1 unspecified atom stereocenters. The summed E-state index contributed by atoms with van der Waals surface area (Å²) < 4.78 is 37.7. The normalized spacial score (nSPS) is 29.6. The molecule has 2 N–H and O–H groups in total. The standard InChI is InChI=1S/C19H31FN4O2S/c1-3-14(4-2)10-21-17-5-6-27(25,26)19(9-17)7-15(8-19)11-22-18-23-12-16(20)13-24-18/h12-15,17,21H,3-11H2,1-2H3,(H,22,23,24). The van der Waals surface area contributed by atoms with Crippen molar-refractivity contribution in [2.24, 2.45) is 11.8 Å². The van der Waals surface area contributed by atoms with Gasteiger partial charge in [0.1, 0.15) is 0 Å².